The van der Waals surface area contributed by atoms with E-state index in [0.29, 0.717) is 6.54 Å². The van der Waals surface area contributed by atoms with Gasteiger partial charge in [0.05, 0.1) is 0 Å². The van der Waals surface area contributed by atoms with Crippen LogP contribution in [0.3, 0.4) is 0 Å². The second-order valence-electron chi connectivity index (χ2n) is 2.80. The zero-order chi connectivity index (χ0) is 10.4. The molecule has 0 aliphatic rings. The maximum absolute atomic E-state index is 11.2. The van der Waals surface area contributed by atoms with Gasteiger partial charge in [-0.1, -0.05) is 6.58 Å². The number of urea groups is 1. The Morgan fingerprint density at radius 3 is 2.54 bits per heavy atom. The smallest absolute Gasteiger partial charge is 0.326 e. The summed E-state index contributed by atoms with van der Waals surface area (Å²) in [5.41, 5.74) is 5.48. The van der Waals surface area contributed by atoms with E-state index in [9.17, 15) is 9.59 Å². The lowest BCUT2D eigenvalue weighted by Crippen LogP contribution is -2.43. The average Bonchev–Trinajstić information content (AvgIpc) is 1.98. The van der Waals surface area contributed by atoms with Crippen molar-refractivity contribution in [2.45, 2.75) is 19.9 Å². The molecule has 0 radical (unpaired) electrons. The Hall–Kier alpha value is -1.36. The highest BCUT2D eigenvalue weighted by Crippen LogP contribution is 1.91. The van der Waals surface area contributed by atoms with Crippen LogP contribution < -0.4 is 11.1 Å². The predicted molar refractivity (Wildman–Crippen MR) is 49.8 cm³/mol. The molecule has 0 aromatic carbocycles. The van der Waals surface area contributed by atoms with E-state index in [1.165, 1.54) is 18.0 Å². The Labute approximate surface area is 77.6 Å². The second kappa shape index (κ2) is 5.31. The highest BCUT2D eigenvalue weighted by Gasteiger charge is 2.12. The van der Waals surface area contributed by atoms with Crippen LogP contribution in [0, 0.1) is 0 Å². The minimum atomic E-state index is -0.500. The van der Waals surface area contributed by atoms with Gasteiger partial charge >= 0.3 is 6.03 Å². The largest absolute Gasteiger partial charge is 0.328 e. The van der Waals surface area contributed by atoms with Gasteiger partial charge in [0.2, 0.25) is 5.91 Å². The van der Waals surface area contributed by atoms with Crippen molar-refractivity contribution in [3.63, 3.8) is 0 Å². The van der Waals surface area contributed by atoms with Crippen LogP contribution >= 0.6 is 0 Å². The number of imide groups is 1. The van der Waals surface area contributed by atoms with Gasteiger partial charge < -0.3 is 5.73 Å². The van der Waals surface area contributed by atoms with Crippen molar-refractivity contribution >= 4 is 11.9 Å². The van der Waals surface area contributed by atoms with E-state index in [1.54, 1.807) is 6.92 Å². The molecule has 0 aliphatic heterocycles. The first-order valence-corrected chi connectivity index (χ1v) is 3.93. The Morgan fingerprint density at radius 1 is 1.69 bits per heavy atom. The van der Waals surface area contributed by atoms with Gasteiger partial charge in [0.15, 0.2) is 0 Å². The molecule has 0 fully saturated rings. The van der Waals surface area contributed by atoms with E-state index in [0.717, 1.165) is 0 Å². The van der Waals surface area contributed by atoms with Crippen molar-refractivity contribution in [1.29, 1.82) is 0 Å². The van der Waals surface area contributed by atoms with E-state index >= 15 is 0 Å². The molecule has 0 aliphatic carbocycles. The number of nitrogens with two attached hydrogens (primary N) is 1. The van der Waals surface area contributed by atoms with Crippen molar-refractivity contribution in [3.8, 4) is 0 Å². The molecule has 0 aromatic rings. The number of carbonyl (C=O) groups excluding carboxylic acids is 2. The summed E-state index contributed by atoms with van der Waals surface area (Å²) in [5, 5.41) is 2.12. The minimum Gasteiger partial charge on any atom is -0.326 e. The van der Waals surface area contributed by atoms with Crippen LogP contribution in [0.5, 0.6) is 0 Å². The maximum atomic E-state index is 11.2. The van der Waals surface area contributed by atoms with Gasteiger partial charge in [0.1, 0.15) is 0 Å². The molecule has 0 saturated heterocycles. The molecule has 3 N–H and O–H groups in total. The number of amides is 3. The van der Waals surface area contributed by atoms with E-state index in [4.69, 9.17) is 5.73 Å². The topological polar surface area (TPSA) is 75.4 Å². The number of carbonyl (C=O) groups is 2. The maximum Gasteiger partial charge on any atom is 0.328 e. The first kappa shape index (κ1) is 11.6. The molecule has 0 aromatic heterocycles. The molecule has 1 unspecified atom stereocenters. The van der Waals surface area contributed by atoms with Crippen molar-refractivity contribution in [2.24, 2.45) is 5.73 Å². The third-order valence-electron chi connectivity index (χ3n) is 1.25. The SMILES string of the molecule is C=CN(CC(C)N)C(=O)NC(C)=O. The average molecular weight is 185 g/mol. The van der Waals surface area contributed by atoms with Gasteiger partial charge in [-0.3, -0.25) is 15.0 Å². The Morgan fingerprint density at radius 2 is 2.23 bits per heavy atom. The third-order valence-corrected chi connectivity index (χ3v) is 1.25. The van der Waals surface area contributed by atoms with Gasteiger partial charge in [-0.15, -0.1) is 0 Å². The van der Waals surface area contributed by atoms with Crippen LogP contribution in [0.25, 0.3) is 0 Å². The second-order valence-corrected chi connectivity index (χ2v) is 2.80. The molecule has 5 nitrogen and oxygen atoms in total. The monoisotopic (exact) mass is 185 g/mol. The predicted octanol–water partition coefficient (Wildman–Crippen LogP) is 0.0352. The van der Waals surface area contributed by atoms with Gasteiger partial charge in [-0.2, -0.15) is 0 Å². The summed E-state index contributed by atoms with van der Waals surface area (Å²) in [6, 6.07) is -0.657. The first-order valence-electron chi connectivity index (χ1n) is 3.93. The van der Waals surface area contributed by atoms with Crippen molar-refractivity contribution < 1.29 is 9.59 Å². The van der Waals surface area contributed by atoms with Gasteiger partial charge in [-0.05, 0) is 6.92 Å². The van der Waals surface area contributed by atoms with Gasteiger partial charge in [-0.25, -0.2) is 4.79 Å². The molecule has 0 heterocycles. The van der Waals surface area contributed by atoms with Crippen molar-refractivity contribution in [1.82, 2.24) is 10.2 Å². The van der Waals surface area contributed by atoms with Crippen LogP contribution in [-0.4, -0.2) is 29.4 Å². The van der Waals surface area contributed by atoms with E-state index in [2.05, 4.69) is 11.9 Å². The molecule has 3 amide bonds. The molecule has 0 spiro atoms. The normalized spacial score (nSPS) is 11.6. The summed E-state index contributed by atoms with van der Waals surface area (Å²) in [6.07, 6.45) is 1.33. The van der Waals surface area contributed by atoms with E-state index in [1.807, 2.05) is 0 Å². The minimum absolute atomic E-state index is 0.157. The molecule has 13 heavy (non-hydrogen) atoms. The summed E-state index contributed by atoms with van der Waals surface area (Å²) in [6.45, 7) is 6.81. The summed E-state index contributed by atoms with van der Waals surface area (Å²) in [7, 11) is 0. The standard InChI is InChI=1S/C8H15N3O2/c1-4-11(5-6(2)9)8(13)10-7(3)12/h4,6H,1,5,9H2,2-3H3,(H,10,12,13). The van der Waals surface area contributed by atoms with E-state index < -0.39 is 11.9 Å². The summed E-state index contributed by atoms with van der Waals surface area (Å²) in [5.74, 6) is -0.401. The number of hydrogen-bond acceptors (Lipinski definition) is 3. The summed E-state index contributed by atoms with van der Waals surface area (Å²) >= 11 is 0. The fourth-order valence-electron chi connectivity index (χ4n) is 0.773. The molecule has 0 bridgehead atoms. The molecule has 0 rings (SSSR count). The lowest BCUT2D eigenvalue weighted by molar-refractivity contribution is -0.118. The Bertz CT molecular complexity index is 213. The molecular formula is C8H15N3O2. The summed E-state index contributed by atoms with van der Waals surface area (Å²) < 4.78 is 0. The zero-order valence-corrected chi connectivity index (χ0v) is 7.91. The summed E-state index contributed by atoms with van der Waals surface area (Å²) in [4.78, 5) is 23.0. The number of nitrogens with one attached hydrogen (secondary N) is 1. The highest BCUT2D eigenvalue weighted by atomic mass is 16.2. The number of hydrogen-bond donors (Lipinski definition) is 2. The molecule has 1 atom stereocenters. The fraction of sp³-hybridized carbons (Fsp3) is 0.500. The van der Waals surface area contributed by atoms with Crippen molar-refractivity contribution in [3.05, 3.63) is 12.8 Å². The first-order chi connectivity index (χ1) is 5.97. The molecule has 5 heteroatoms. The molecule has 74 valence electrons. The van der Waals surface area contributed by atoms with Crippen LogP contribution in [0.2, 0.25) is 0 Å². The van der Waals surface area contributed by atoms with Gasteiger partial charge in [0.25, 0.3) is 0 Å². The Kier molecular flexibility index (Phi) is 4.76. The van der Waals surface area contributed by atoms with Crippen LogP contribution in [0.1, 0.15) is 13.8 Å². The van der Waals surface area contributed by atoms with Gasteiger partial charge in [0, 0.05) is 25.7 Å². The zero-order valence-electron chi connectivity index (χ0n) is 7.91. The quantitative estimate of drug-likeness (QED) is 0.651. The number of nitrogens with zero attached hydrogens (tertiary/aromatic N) is 1. The fourth-order valence-corrected chi connectivity index (χ4v) is 0.773. The Balaban J connectivity index is 4.15. The van der Waals surface area contributed by atoms with Crippen molar-refractivity contribution in [2.75, 3.05) is 6.54 Å². The lowest BCUT2D eigenvalue weighted by atomic mass is 10.3. The third kappa shape index (κ3) is 4.97. The lowest BCUT2D eigenvalue weighted by Gasteiger charge is -2.19. The molecular weight excluding hydrogens is 170 g/mol. The number of rotatable bonds is 3. The van der Waals surface area contributed by atoms with Crippen LogP contribution in [0.4, 0.5) is 4.79 Å². The van der Waals surface area contributed by atoms with Crippen LogP contribution in [-0.2, 0) is 4.79 Å². The van der Waals surface area contributed by atoms with E-state index in [-0.39, 0.29) is 6.04 Å². The highest BCUT2D eigenvalue weighted by molar-refractivity contribution is 5.93. The molecule has 0 saturated carbocycles. The van der Waals surface area contributed by atoms with Crippen LogP contribution in [0.15, 0.2) is 12.8 Å².